The Labute approximate surface area is 93.8 Å². The summed E-state index contributed by atoms with van der Waals surface area (Å²) in [5.41, 5.74) is 7.63. The first-order valence-electron chi connectivity index (χ1n) is 4.89. The Morgan fingerprint density at radius 3 is 2.73 bits per heavy atom. The third kappa shape index (κ3) is 2.13. The molecule has 1 aliphatic heterocycles. The van der Waals surface area contributed by atoms with Gasteiger partial charge in [-0.3, -0.25) is 4.79 Å². The van der Waals surface area contributed by atoms with Crippen LogP contribution in [-0.4, -0.2) is 18.5 Å². The van der Waals surface area contributed by atoms with Crippen LogP contribution in [0.5, 0.6) is 0 Å². The van der Waals surface area contributed by atoms with Crippen molar-refractivity contribution in [2.75, 3.05) is 11.4 Å². The SMILES string of the molecule is Cc1cc(Cl)cc(N2CC(N)CC2=O)c1. The fourth-order valence-corrected chi connectivity index (χ4v) is 2.14. The summed E-state index contributed by atoms with van der Waals surface area (Å²) < 4.78 is 0. The second-order valence-corrected chi connectivity index (χ2v) is 4.39. The molecule has 1 unspecified atom stereocenters. The van der Waals surface area contributed by atoms with Crippen molar-refractivity contribution in [3.05, 3.63) is 28.8 Å². The van der Waals surface area contributed by atoms with Gasteiger partial charge in [-0.2, -0.15) is 0 Å². The van der Waals surface area contributed by atoms with Crippen molar-refractivity contribution in [3.8, 4) is 0 Å². The molecule has 0 saturated carbocycles. The topological polar surface area (TPSA) is 46.3 Å². The molecule has 2 N–H and O–H groups in total. The fourth-order valence-electron chi connectivity index (χ4n) is 1.86. The molecular weight excluding hydrogens is 212 g/mol. The van der Waals surface area contributed by atoms with E-state index in [2.05, 4.69) is 0 Å². The zero-order valence-corrected chi connectivity index (χ0v) is 9.29. The molecule has 1 heterocycles. The van der Waals surface area contributed by atoms with Crippen molar-refractivity contribution in [1.82, 2.24) is 0 Å². The van der Waals surface area contributed by atoms with Crippen LogP contribution in [0.1, 0.15) is 12.0 Å². The van der Waals surface area contributed by atoms with Gasteiger partial charge in [-0.25, -0.2) is 0 Å². The molecule has 1 atom stereocenters. The Hall–Kier alpha value is -1.06. The summed E-state index contributed by atoms with van der Waals surface area (Å²) in [6.07, 6.45) is 0.422. The lowest BCUT2D eigenvalue weighted by atomic mass is 10.2. The summed E-state index contributed by atoms with van der Waals surface area (Å²) in [4.78, 5) is 13.3. The van der Waals surface area contributed by atoms with E-state index in [-0.39, 0.29) is 11.9 Å². The van der Waals surface area contributed by atoms with Gasteiger partial charge in [0, 0.05) is 29.7 Å². The molecule has 3 nitrogen and oxygen atoms in total. The van der Waals surface area contributed by atoms with Gasteiger partial charge in [-0.15, -0.1) is 0 Å². The van der Waals surface area contributed by atoms with Crippen LogP contribution in [-0.2, 0) is 4.79 Å². The van der Waals surface area contributed by atoms with Crippen molar-refractivity contribution in [1.29, 1.82) is 0 Å². The molecule has 1 amide bonds. The van der Waals surface area contributed by atoms with Crippen LogP contribution in [0, 0.1) is 6.92 Å². The van der Waals surface area contributed by atoms with E-state index < -0.39 is 0 Å². The van der Waals surface area contributed by atoms with E-state index in [1.807, 2.05) is 19.1 Å². The normalized spacial score (nSPS) is 21.1. The number of carbonyl (C=O) groups is 1. The van der Waals surface area contributed by atoms with Gasteiger partial charge in [0.1, 0.15) is 0 Å². The van der Waals surface area contributed by atoms with Gasteiger partial charge in [0.25, 0.3) is 0 Å². The molecule has 1 aromatic carbocycles. The van der Waals surface area contributed by atoms with E-state index in [1.165, 1.54) is 0 Å². The molecule has 0 bridgehead atoms. The van der Waals surface area contributed by atoms with Gasteiger partial charge >= 0.3 is 0 Å². The molecule has 1 aliphatic rings. The first-order chi connectivity index (χ1) is 7.06. The van der Waals surface area contributed by atoms with E-state index in [0.717, 1.165) is 11.3 Å². The van der Waals surface area contributed by atoms with Crippen molar-refractivity contribution in [2.45, 2.75) is 19.4 Å². The minimum Gasteiger partial charge on any atom is -0.326 e. The molecule has 1 saturated heterocycles. The maximum atomic E-state index is 11.6. The van der Waals surface area contributed by atoms with Crippen molar-refractivity contribution < 1.29 is 4.79 Å². The van der Waals surface area contributed by atoms with Crippen LogP contribution in [0.2, 0.25) is 5.02 Å². The lowest BCUT2D eigenvalue weighted by Crippen LogP contribution is -2.27. The second-order valence-electron chi connectivity index (χ2n) is 3.96. The molecule has 4 heteroatoms. The second kappa shape index (κ2) is 3.83. The van der Waals surface area contributed by atoms with Gasteiger partial charge in [-0.1, -0.05) is 11.6 Å². The number of nitrogens with zero attached hydrogens (tertiary/aromatic N) is 1. The summed E-state index contributed by atoms with van der Waals surface area (Å²) in [5, 5.41) is 0.651. The lowest BCUT2D eigenvalue weighted by Gasteiger charge is -2.16. The van der Waals surface area contributed by atoms with Crippen molar-refractivity contribution >= 4 is 23.2 Å². The number of hydrogen-bond acceptors (Lipinski definition) is 2. The maximum Gasteiger partial charge on any atom is 0.228 e. The minimum absolute atomic E-state index is 0.0585. The van der Waals surface area contributed by atoms with Crippen LogP contribution < -0.4 is 10.6 Å². The van der Waals surface area contributed by atoms with E-state index in [1.54, 1.807) is 11.0 Å². The lowest BCUT2D eigenvalue weighted by molar-refractivity contribution is -0.117. The number of nitrogens with two attached hydrogens (primary N) is 1. The van der Waals surface area contributed by atoms with Gasteiger partial charge in [-0.05, 0) is 30.7 Å². The third-order valence-electron chi connectivity index (χ3n) is 2.49. The Bertz CT molecular complexity index is 385. The average Bonchev–Trinajstić information content (AvgIpc) is 2.43. The average molecular weight is 225 g/mol. The van der Waals surface area contributed by atoms with Gasteiger partial charge in [0.15, 0.2) is 0 Å². The minimum atomic E-state index is -0.0585. The van der Waals surface area contributed by atoms with Gasteiger partial charge < -0.3 is 10.6 Å². The number of rotatable bonds is 1. The molecule has 80 valence electrons. The number of aryl methyl sites for hydroxylation is 1. The van der Waals surface area contributed by atoms with Gasteiger partial charge in [0.2, 0.25) is 5.91 Å². The first kappa shape index (κ1) is 10.5. The highest BCUT2D eigenvalue weighted by Gasteiger charge is 2.28. The number of anilines is 1. The number of halogens is 1. The Kier molecular flexibility index (Phi) is 2.67. The summed E-state index contributed by atoms with van der Waals surface area (Å²) in [6.45, 7) is 2.54. The van der Waals surface area contributed by atoms with Crippen LogP contribution >= 0.6 is 11.6 Å². The quantitative estimate of drug-likeness (QED) is 0.790. The third-order valence-corrected chi connectivity index (χ3v) is 2.71. The smallest absolute Gasteiger partial charge is 0.228 e. The number of hydrogen-bond donors (Lipinski definition) is 1. The number of carbonyl (C=O) groups excluding carboxylic acids is 1. The molecule has 15 heavy (non-hydrogen) atoms. The van der Waals surface area contributed by atoms with E-state index in [4.69, 9.17) is 17.3 Å². The van der Waals surface area contributed by atoms with Crippen LogP contribution in [0.3, 0.4) is 0 Å². The Balaban J connectivity index is 2.33. The largest absolute Gasteiger partial charge is 0.326 e. The summed E-state index contributed by atoms with van der Waals surface area (Å²) in [7, 11) is 0. The van der Waals surface area contributed by atoms with Crippen molar-refractivity contribution in [2.24, 2.45) is 5.73 Å². The molecule has 0 spiro atoms. The predicted octanol–water partition coefficient (Wildman–Crippen LogP) is 1.71. The van der Waals surface area contributed by atoms with Crippen LogP contribution in [0.4, 0.5) is 5.69 Å². The fraction of sp³-hybridized carbons (Fsp3) is 0.364. The van der Waals surface area contributed by atoms with E-state index in [9.17, 15) is 4.79 Å². The van der Waals surface area contributed by atoms with Crippen LogP contribution in [0.25, 0.3) is 0 Å². The molecule has 0 aromatic heterocycles. The first-order valence-corrected chi connectivity index (χ1v) is 5.27. The molecular formula is C11H13ClN2O. The maximum absolute atomic E-state index is 11.6. The zero-order chi connectivity index (χ0) is 11.0. The summed E-state index contributed by atoms with van der Waals surface area (Å²) in [6, 6.07) is 5.55. The monoisotopic (exact) mass is 224 g/mol. The number of amides is 1. The van der Waals surface area contributed by atoms with Crippen molar-refractivity contribution in [3.63, 3.8) is 0 Å². The molecule has 0 aliphatic carbocycles. The molecule has 1 fully saturated rings. The molecule has 0 radical (unpaired) electrons. The highest BCUT2D eigenvalue weighted by Crippen LogP contribution is 2.25. The summed E-state index contributed by atoms with van der Waals surface area (Å²) in [5.74, 6) is 0.0733. The Morgan fingerprint density at radius 1 is 1.47 bits per heavy atom. The standard InChI is InChI=1S/C11H13ClN2O/c1-7-2-8(12)4-10(3-7)14-6-9(13)5-11(14)15/h2-4,9H,5-6,13H2,1H3. The summed E-state index contributed by atoms with van der Waals surface area (Å²) >= 11 is 5.94. The Morgan fingerprint density at radius 2 is 2.20 bits per heavy atom. The van der Waals surface area contributed by atoms with Gasteiger partial charge in [0.05, 0.1) is 0 Å². The highest BCUT2D eigenvalue weighted by atomic mass is 35.5. The van der Waals surface area contributed by atoms with E-state index >= 15 is 0 Å². The molecule has 2 rings (SSSR count). The predicted molar refractivity (Wildman–Crippen MR) is 61.1 cm³/mol. The number of benzene rings is 1. The zero-order valence-electron chi connectivity index (χ0n) is 8.53. The highest BCUT2D eigenvalue weighted by molar-refractivity contribution is 6.31. The van der Waals surface area contributed by atoms with Crippen LogP contribution in [0.15, 0.2) is 18.2 Å². The van der Waals surface area contributed by atoms with E-state index in [0.29, 0.717) is 18.0 Å². The molecule has 1 aromatic rings.